The summed E-state index contributed by atoms with van der Waals surface area (Å²) in [4.78, 5) is 14.1. The van der Waals surface area contributed by atoms with E-state index in [1.807, 2.05) is 36.2 Å². The second-order valence-corrected chi connectivity index (χ2v) is 7.21. The first kappa shape index (κ1) is 20.7. The number of halogens is 1. The molecule has 1 heterocycles. The van der Waals surface area contributed by atoms with Crippen molar-refractivity contribution in [1.29, 1.82) is 0 Å². The Kier molecular flexibility index (Phi) is 7.53. The molecular formula is C23H27FN4O. The predicted molar refractivity (Wildman–Crippen MR) is 113 cm³/mol. The maximum Gasteiger partial charge on any atom is 0.234 e. The van der Waals surface area contributed by atoms with Crippen molar-refractivity contribution in [3.63, 3.8) is 0 Å². The lowest BCUT2D eigenvalue weighted by atomic mass is 10.1. The summed E-state index contributed by atoms with van der Waals surface area (Å²) >= 11 is 0. The monoisotopic (exact) mass is 394 g/mol. The average Bonchev–Trinajstić information content (AvgIpc) is 3.18. The van der Waals surface area contributed by atoms with E-state index >= 15 is 0 Å². The number of rotatable bonds is 10. The molecular weight excluding hydrogens is 367 g/mol. The Morgan fingerprint density at radius 2 is 1.86 bits per heavy atom. The summed E-state index contributed by atoms with van der Waals surface area (Å²) in [6.45, 7) is 1.85. The number of likely N-dealkylation sites (N-methyl/N-ethyl adjacent to an activating group) is 1. The van der Waals surface area contributed by atoms with E-state index in [4.69, 9.17) is 0 Å². The van der Waals surface area contributed by atoms with E-state index < -0.39 is 0 Å². The van der Waals surface area contributed by atoms with Gasteiger partial charge >= 0.3 is 0 Å². The van der Waals surface area contributed by atoms with Crippen LogP contribution in [-0.4, -0.2) is 47.7 Å². The maximum absolute atomic E-state index is 13.0. The van der Waals surface area contributed by atoms with Gasteiger partial charge in [0.15, 0.2) is 0 Å². The zero-order valence-electron chi connectivity index (χ0n) is 16.7. The highest BCUT2D eigenvalue weighted by atomic mass is 19.1. The normalized spacial score (nSPS) is 11.0. The van der Waals surface area contributed by atoms with Crippen LogP contribution in [0.3, 0.4) is 0 Å². The molecule has 1 aromatic heterocycles. The number of nitrogens with one attached hydrogen (secondary N) is 2. The Morgan fingerprint density at radius 1 is 1.10 bits per heavy atom. The summed E-state index contributed by atoms with van der Waals surface area (Å²) in [5.41, 5.74) is 3.95. The molecule has 0 aliphatic rings. The van der Waals surface area contributed by atoms with Crippen LogP contribution in [0, 0.1) is 5.82 Å². The highest BCUT2D eigenvalue weighted by Gasteiger charge is 2.08. The Morgan fingerprint density at radius 3 is 2.62 bits per heavy atom. The van der Waals surface area contributed by atoms with Gasteiger partial charge in [-0.2, -0.15) is 5.10 Å². The SMILES string of the molecule is CN(CCCc1cc(-c2ccc(F)cc2)n[nH]1)CC(=O)NCCc1ccccc1. The van der Waals surface area contributed by atoms with Crippen LogP contribution in [0.1, 0.15) is 17.7 Å². The number of aromatic nitrogens is 2. The van der Waals surface area contributed by atoms with Crippen LogP contribution in [0.2, 0.25) is 0 Å². The summed E-state index contributed by atoms with van der Waals surface area (Å²) in [5, 5.41) is 10.3. The third kappa shape index (κ3) is 6.84. The van der Waals surface area contributed by atoms with Crippen LogP contribution in [0.15, 0.2) is 60.7 Å². The van der Waals surface area contributed by atoms with Gasteiger partial charge in [-0.25, -0.2) is 4.39 Å². The Hall–Kier alpha value is -2.99. The van der Waals surface area contributed by atoms with Crippen molar-refractivity contribution < 1.29 is 9.18 Å². The maximum atomic E-state index is 13.0. The number of hydrogen-bond acceptors (Lipinski definition) is 3. The van der Waals surface area contributed by atoms with Gasteiger partial charge in [0.25, 0.3) is 0 Å². The fraction of sp³-hybridized carbons (Fsp3) is 0.304. The van der Waals surface area contributed by atoms with E-state index in [0.717, 1.165) is 42.8 Å². The highest BCUT2D eigenvalue weighted by molar-refractivity contribution is 5.77. The molecule has 2 aromatic carbocycles. The van der Waals surface area contributed by atoms with Crippen LogP contribution in [0.4, 0.5) is 4.39 Å². The fourth-order valence-electron chi connectivity index (χ4n) is 3.17. The number of H-pyrrole nitrogens is 1. The second-order valence-electron chi connectivity index (χ2n) is 7.21. The van der Waals surface area contributed by atoms with Gasteiger partial charge in [0.1, 0.15) is 5.82 Å². The molecule has 0 atom stereocenters. The first-order chi connectivity index (χ1) is 14.1. The van der Waals surface area contributed by atoms with Crippen molar-refractivity contribution in [3.05, 3.63) is 77.7 Å². The first-order valence-corrected chi connectivity index (χ1v) is 9.89. The van der Waals surface area contributed by atoms with Crippen molar-refractivity contribution in [3.8, 4) is 11.3 Å². The van der Waals surface area contributed by atoms with E-state index in [1.54, 1.807) is 12.1 Å². The number of aryl methyl sites for hydroxylation is 1. The van der Waals surface area contributed by atoms with Crippen LogP contribution in [0.5, 0.6) is 0 Å². The number of aromatic amines is 1. The van der Waals surface area contributed by atoms with E-state index in [-0.39, 0.29) is 11.7 Å². The quantitative estimate of drug-likeness (QED) is 0.554. The average molecular weight is 394 g/mol. The molecule has 0 unspecified atom stereocenters. The Balaban J connectivity index is 1.34. The van der Waals surface area contributed by atoms with E-state index in [0.29, 0.717) is 13.1 Å². The molecule has 0 aliphatic carbocycles. The molecule has 1 amide bonds. The largest absolute Gasteiger partial charge is 0.355 e. The second kappa shape index (κ2) is 10.5. The Bertz CT molecular complexity index is 893. The molecule has 29 heavy (non-hydrogen) atoms. The lowest BCUT2D eigenvalue weighted by Gasteiger charge is -2.16. The molecule has 0 bridgehead atoms. The molecule has 0 spiro atoms. The fourth-order valence-corrected chi connectivity index (χ4v) is 3.17. The minimum atomic E-state index is -0.253. The predicted octanol–water partition coefficient (Wildman–Crippen LogP) is 3.44. The molecule has 2 N–H and O–H groups in total. The summed E-state index contributed by atoms with van der Waals surface area (Å²) < 4.78 is 13.0. The van der Waals surface area contributed by atoms with Crippen LogP contribution in [0.25, 0.3) is 11.3 Å². The Labute approximate surface area is 170 Å². The summed E-state index contributed by atoms with van der Waals surface area (Å²) in [7, 11) is 1.95. The molecule has 152 valence electrons. The van der Waals surface area contributed by atoms with Crippen LogP contribution < -0.4 is 5.32 Å². The number of carbonyl (C=O) groups is 1. The number of hydrogen-bond donors (Lipinski definition) is 2. The topological polar surface area (TPSA) is 61.0 Å². The van der Waals surface area contributed by atoms with Crippen molar-refractivity contribution in [2.45, 2.75) is 19.3 Å². The van der Waals surface area contributed by atoms with Crippen molar-refractivity contribution in [2.24, 2.45) is 0 Å². The highest BCUT2D eigenvalue weighted by Crippen LogP contribution is 2.18. The number of nitrogens with zero attached hydrogens (tertiary/aromatic N) is 2. The summed E-state index contributed by atoms with van der Waals surface area (Å²) in [5.74, 6) is -0.208. The van der Waals surface area contributed by atoms with E-state index in [9.17, 15) is 9.18 Å². The minimum Gasteiger partial charge on any atom is -0.355 e. The van der Waals surface area contributed by atoms with Crippen LogP contribution in [-0.2, 0) is 17.6 Å². The molecule has 0 aliphatic heterocycles. The molecule has 6 heteroatoms. The third-order valence-corrected chi connectivity index (χ3v) is 4.75. The molecule has 0 fully saturated rings. The molecule has 0 saturated heterocycles. The van der Waals surface area contributed by atoms with Gasteiger partial charge in [-0.1, -0.05) is 30.3 Å². The summed E-state index contributed by atoms with van der Waals surface area (Å²) in [6, 6.07) is 18.4. The van der Waals surface area contributed by atoms with Gasteiger partial charge in [0.05, 0.1) is 12.2 Å². The molecule has 0 radical (unpaired) electrons. The van der Waals surface area contributed by atoms with E-state index in [1.165, 1.54) is 17.7 Å². The molecule has 3 aromatic rings. The zero-order chi connectivity index (χ0) is 20.5. The van der Waals surface area contributed by atoms with Gasteiger partial charge < -0.3 is 5.32 Å². The lowest BCUT2D eigenvalue weighted by molar-refractivity contribution is -0.121. The first-order valence-electron chi connectivity index (χ1n) is 9.89. The third-order valence-electron chi connectivity index (χ3n) is 4.75. The van der Waals surface area contributed by atoms with Crippen molar-refractivity contribution in [1.82, 2.24) is 20.4 Å². The number of carbonyl (C=O) groups excluding carboxylic acids is 1. The molecule has 0 saturated carbocycles. The minimum absolute atomic E-state index is 0.0450. The van der Waals surface area contributed by atoms with Gasteiger partial charge in [0.2, 0.25) is 5.91 Å². The number of amides is 1. The van der Waals surface area contributed by atoms with Crippen molar-refractivity contribution in [2.75, 3.05) is 26.7 Å². The van der Waals surface area contributed by atoms with Gasteiger partial charge in [0, 0.05) is 17.8 Å². The summed E-state index contributed by atoms with van der Waals surface area (Å²) in [6.07, 6.45) is 2.60. The van der Waals surface area contributed by atoms with Gasteiger partial charge in [-0.3, -0.25) is 14.8 Å². The van der Waals surface area contributed by atoms with Gasteiger partial charge in [-0.05, 0) is 68.8 Å². The molecule has 5 nitrogen and oxygen atoms in total. The zero-order valence-corrected chi connectivity index (χ0v) is 16.7. The van der Waals surface area contributed by atoms with Gasteiger partial charge in [-0.15, -0.1) is 0 Å². The smallest absolute Gasteiger partial charge is 0.234 e. The van der Waals surface area contributed by atoms with E-state index in [2.05, 4.69) is 27.6 Å². The lowest BCUT2D eigenvalue weighted by Crippen LogP contribution is -2.36. The molecule has 3 rings (SSSR count). The standard InChI is InChI=1S/C23H27FN4O/c1-28(17-23(29)25-14-13-18-6-3-2-4-7-18)15-5-8-21-16-22(27-26-21)19-9-11-20(24)12-10-19/h2-4,6-7,9-12,16H,5,8,13-15,17H2,1H3,(H,25,29)(H,26,27). The van der Waals surface area contributed by atoms with Crippen LogP contribution >= 0.6 is 0 Å². The van der Waals surface area contributed by atoms with Crippen molar-refractivity contribution >= 4 is 5.91 Å². The number of benzene rings is 2.